The zero-order valence-corrected chi connectivity index (χ0v) is 12.3. The van der Waals surface area contributed by atoms with E-state index in [-0.39, 0.29) is 11.8 Å². The van der Waals surface area contributed by atoms with Crippen molar-refractivity contribution < 1.29 is 10.2 Å². The molecule has 4 atom stereocenters. The lowest BCUT2D eigenvalue weighted by Gasteiger charge is -2.33. The average molecular weight is 292 g/mol. The molecule has 2 nitrogen and oxygen atoms in total. The minimum absolute atomic E-state index is 0.0690. The van der Waals surface area contributed by atoms with Gasteiger partial charge in [0, 0.05) is 11.8 Å². The van der Waals surface area contributed by atoms with Crippen molar-refractivity contribution in [2.45, 2.75) is 18.1 Å². The quantitative estimate of drug-likeness (QED) is 0.851. The second-order valence-corrected chi connectivity index (χ2v) is 5.65. The van der Waals surface area contributed by atoms with Crippen LogP contribution in [0.3, 0.4) is 0 Å². The Labute approximate surface area is 131 Å². The molecule has 0 radical (unpaired) electrons. The van der Waals surface area contributed by atoms with E-state index >= 15 is 0 Å². The first kappa shape index (κ1) is 14.8. The van der Waals surface area contributed by atoms with E-state index in [2.05, 4.69) is 12.1 Å². The largest absolute Gasteiger partial charge is 0.389 e. The maximum atomic E-state index is 10.4. The SMILES string of the molecule is O[C@@H]1[C@@H](/C=C/c2ccccc2)[C@@H](c2ccccc2)C=C[C@H]1O. The summed E-state index contributed by atoms with van der Waals surface area (Å²) in [7, 11) is 0. The fourth-order valence-electron chi connectivity index (χ4n) is 2.94. The minimum Gasteiger partial charge on any atom is -0.389 e. The van der Waals surface area contributed by atoms with Gasteiger partial charge in [-0.05, 0) is 11.1 Å². The number of hydrogen-bond acceptors (Lipinski definition) is 2. The van der Waals surface area contributed by atoms with Crippen LogP contribution in [0.2, 0.25) is 0 Å². The molecule has 1 aliphatic carbocycles. The highest BCUT2D eigenvalue weighted by Gasteiger charge is 2.33. The Hall–Kier alpha value is -2.16. The van der Waals surface area contributed by atoms with Gasteiger partial charge in [0.25, 0.3) is 0 Å². The normalized spacial score (nSPS) is 28.1. The van der Waals surface area contributed by atoms with Gasteiger partial charge in [-0.2, -0.15) is 0 Å². The Morgan fingerprint density at radius 1 is 0.773 bits per heavy atom. The summed E-state index contributed by atoms with van der Waals surface area (Å²) in [4.78, 5) is 0. The van der Waals surface area contributed by atoms with Gasteiger partial charge in [-0.3, -0.25) is 0 Å². The second-order valence-electron chi connectivity index (χ2n) is 5.65. The van der Waals surface area contributed by atoms with Crippen molar-refractivity contribution in [2.75, 3.05) is 0 Å². The maximum Gasteiger partial charge on any atom is 0.0986 e. The predicted molar refractivity (Wildman–Crippen MR) is 89.3 cm³/mol. The summed E-state index contributed by atoms with van der Waals surface area (Å²) in [5.74, 6) is -0.0813. The number of aliphatic hydroxyl groups is 2. The third kappa shape index (κ3) is 3.19. The standard InChI is InChI=1S/C20H20O2/c21-19-14-13-17(16-9-5-2-6-10-16)18(20(19)22)12-11-15-7-3-1-4-8-15/h1-14,17-22H/b12-11+/t17-,18+,19-,20-/m1/s1. The van der Waals surface area contributed by atoms with Crippen molar-refractivity contribution in [3.63, 3.8) is 0 Å². The zero-order valence-electron chi connectivity index (χ0n) is 12.3. The van der Waals surface area contributed by atoms with Gasteiger partial charge in [0.05, 0.1) is 12.2 Å². The lowest BCUT2D eigenvalue weighted by molar-refractivity contribution is 0.0110. The van der Waals surface area contributed by atoms with E-state index in [1.807, 2.05) is 66.8 Å². The van der Waals surface area contributed by atoms with E-state index in [4.69, 9.17) is 0 Å². The van der Waals surface area contributed by atoms with Crippen molar-refractivity contribution in [3.05, 3.63) is 90.0 Å². The molecule has 3 rings (SSSR count). The lowest BCUT2D eigenvalue weighted by atomic mass is 9.76. The second kappa shape index (κ2) is 6.73. The number of aliphatic hydroxyl groups excluding tert-OH is 2. The van der Waals surface area contributed by atoms with Gasteiger partial charge >= 0.3 is 0 Å². The molecule has 0 saturated carbocycles. The van der Waals surface area contributed by atoms with Gasteiger partial charge in [0.1, 0.15) is 0 Å². The van der Waals surface area contributed by atoms with Crippen molar-refractivity contribution in [1.82, 2.24) is 0 Å². The lowest BCUT2D eigenvalue weighted by Crippen LogP contribution is -2.37. The highest BCUT2D eigenvalue weighted by Crippen LogP contribution is 2.35. The molecular weight excluding hydrogens is 272 g/mol. The Kier molecular flexibility index (Phi) is 4.52. The van der Waals surface area contributed by atoms with Crippen LogP contribution in [-0.4, -0.2) is 22.4 Å². The predicted octanol–water partition coefficient (Wildman–Crippen LogP) is 3.39. The fraction of sp³-hybridized carbons (Fsp3) is 0.200. The van der Waals surface area contributed by atoms with Crippen LogP contribution >= 0.6 is 0 Å². The summed E-state index contributed by atoms with van der Waals surface area (Å²) >= 11 is 0. The van der Waals surface area contributed by atoms with Crippen LogP contribution in [0.5, 0.6) is 0 Å². The third-order valence-corrected chi connectivity index (χ3v) is 4.17. The van der Waals surface area contributed by atoms with Crippen molar-refractivity contribution >= 4 is 6.08 Å². The molecule has 0 aromatic heterocycles. The molecule has 0 fully saturated rings. The molecule has 0 saturated heterocycles. The van der Waals surface area contributed by atoms with Gasteiger partial charge in [-0.15, -0.1) is 0 Å². The van der Waals surface area contributed by atoms with Gasteiger partial charge < -0.3 is 10.2 Å². The first-order valence-corrected chi connectivity index (χ1v) is 7.58. The molecule has 2 aromatic rings. The molecule has 0 bridgehead atoms. The van der Waals surface area contributed by atoms with Crippen LogP contribution < -0.4 is 0 Å². The number of hydrogen-bond donors (Lipinski definition) is 2. The summed E-state index contributed by atoms with van der Waals surface area (Å²) in [5.41, 5.74) is 2.23. The minimum atomic E-state index is -0.814. The van der Waals surface area contributed by atoms with Crippen LogP contribution in [0.1, 0.15) is 17.0 Å². The summed E-state index contributed by atoms with van der Waals surface area (Å²) in [6.07, 6.45) is 6.09. The summed E-state index contributed by atoms with van der Waals surface area (Å²) in [5, 5.41) is 20.3. The van der Waals surface area contributed by atoms with Gasteiger partial charge in [0.2, 0.25) is 0 Å². The molecule has 1 aliphatic rings. The summed E-state index contributed by atoms with van der Waals surface area (Å²) < 4.78 is 0. The Morgan fingerprint density at radius 3 is 2.09 bits per heavy atom. The maximum absolute atomic E-state index is 10.4. The summed E-state index contributed by atoms with van der Waals surface area (Å²) in [6, 6.07) is 20.1. The molecule has 0 unspecified atom stereocenters. The molecule has 2 aromatic carbocycles. The first-order chi connectivity index (χ1) is 10.8. The highest BCUT2D eigenvalue weighted by atomic mass is 16.3. The Morgan fingerprint density at radius 2 is 1.41 bits per heavy atom. The molecule has 0 spiro atoms. The average Bonchev–Trinajstić information content (AvgIpc) is 2.58. The van der Waals surface area contributed by atoms with Gasteiger partial charge in [0.15, 0.2) is 0 Å². The first-order valence-electron chi connectivity index (χ1n) is 7.58. The molecule has 0 amide bonds. The molecule has 2 heteroatoms. The van der Waals surface area contributed by atoms with Crippen molar-refractivity contribution in [1.29, 1.82) is 0 Å². The number of benzene rings is 2. The zero-order chi connectivity index (χ0) is 15.4. The molecule has 0 aliphatic heterocycles. The van der Waals surface area contributed by atoms with Crippen LogP contribution in [-0.2, 0) is 0 Å². The smallest absolute Gasteiger partial charge is 0.0986 e. The molecular formula is C20H20O2. The van der Waals surface area contributed by atoms with Crippen LogP contribution in [0.4, 0.5) is 0 Å². The Bertz CT molecular complexity index is 646. The fourth-order valence-corrected chi connectivity index (χ4v) is 2.94. The topological polar surface area (TPSA) is 40.5 Å². The Balaban J connectivity index is 1.90. The van der Waals surface area contributed by atoms with E-state index in [0.717, 1.165) is 11.1 Å². The van der Waals surface area contributed by atoms with Crippen molar-refractivity contribution in [3.8, 4) is 0 Å². The van der Waals surface area contributed by atoms with Crippen LogP contribution in [0, 0.1) is 5.92 Å². The van der Waals surface area contributed by atoms with E-state index in [9.17, 15) is 10.2 Å². The van der Waals surface area contributed by atoms with E-state index in [0.29, 0.717) is 0 Å². The van der Waals surface area contributed by atoms with Gasteiger partial charge in [-0.1, -0.05) is 85.0 Å². The molecule has 2 N–H and O–H groups in total. The molecule has 112 valence electrons. The number of rotatable bonds is 3. The van der Waals surface area contributed by atoms with E-state index in [1.54, 1.807) is 6.08 Å². The van der Waals surface area contributed by atoms with Crippen molar-refractivity contribution in [2.24, 2.45) is 5.92 Å². The molecule has 22 heavy (non-hydrogen) atoms. The highest BCUT2D eigenvalue weighted by molar-refractivity contribution is 5.50. The monoisotopic (exact) mass is 292 g/mol. The number of allylic oxidation sites excluding steroid dienone is 1. The third-order valence-electron chi connectivity index (χ3n) is 4.17. The van der Waals surface area contributed by atoms with E-state index in [1.165, 1.54) is 0 Å². The summed E-state index contributed by atoms with van der Waals surface area (Å²) in [6.45, 7) is 0. The van der Waals surface area contributed by atoms with Crippen LogP contribution in [0.25, 0.3) is 6.08 Å². The molecule has 0 heterocycles. The van der Waals surface area contributed by atoms with Gasteiger partial charge in [-0.25, -0.2) is 0 Å². The van der Waals surface area contributed by atoms with E-state index < -0.39 is 12.2 Å². The van der Waals surface area contributed by atoms with Crippen LogP contribution in [0.15, 0.2) is 78.9 Å².